The van der Waals surface area contributed by atoms with E-state index in [0.717, 1.165) is 30.6 Å². The second-order valence-electron chi connectivity index (χ2n) is 5.94. The Morgan fingerprint density at radius 1 is 0.909 bits per heavy atom. The van der Waals surface area contributed by atoms with E-state index in [-0.39, 0.29) is 0 Å². The molecule has 1 N–H and O–H groups in total. The van der Waals surface area contributed by atoms with Gasteiger partial charge < -0.3 is 5.32 Å². The van der Waals surface area contributed by atoms with Crippen molar-refractivity contribution in [2.75, 3.05) is 5.32 Å². The molecule has 122 valence electrons. The standard InChI is InChI=1S/C15H21N.C6H12/c1-5-13(4)16-15-10-8-14(9-11-15)7-6-12(2)3;1-4-5-6(2)3/h8-11,16H,2,4-7H2,1,3H3;2,4-5H2,1,3H3. The number of benzene rings is 1. The van der Waals surface area contributed by atoms with Gasteiger partial charge in [-0.3, -0.25) is 0 Å². The highest BCUT2D eigenvalue weighted by Gasteiger charge is 1.96. The molecule has 22 heavy (non-hydrogen) atoms. The van der Waals surface area contributed by atoms with Crippen molar-refractivity contribution in [1.82, 2.24) is 0 Å². The highest BCUT2D eigenvalue weighted by molar-refractivity contribution is 5.48. The van der Waals surface area contributed by atoms with E-state index in [1.165, 1.54) is 29.6 Å². The fourth-order valence-corrected chi connectivity index (χ4v) is 1.83. The molecular formula is C21H33N. The number of aryl methyl sites for hydroxylation is 1. The van der Waals surface area contributed by atoms with E-state index >= 15 is 0 Å². The normalized spacial score (nSPS) is 9.45. The van der Waals surface area contributed by atoms with Crippen LogP contribution in [0.15, 0.2) is 60.8 Å². The lowest BCUT2D eigenvalue weighted by Gasteiger charge is -2.08. The fraction of sp³-hybridized carbons (Fsp3) is 0.429. The van der Waals surface area contributed by atoms with E-state index < -0.39 is 0 Å². The Labute approximate surface area is 137 Å². The SMILES string of the molecule is C=C(C)CCC.C=C(C)CCc1ccc(NC(=C)CC)cc1. The van der Waals surface area contributed by atoms with Crippen LogP contribution in [0, 0.1) is 0 Å². The predicted molar refractivity (Wildman–Crippen MR) is 102 cm³/mol. The fourth-order valence-electron chi connectivity index (χ4n) is 1.83. The van der Waals surface area contributed by atoms with Crippen molar-refractivity contribution in [2.24, 2.45) is 0 Å². The molecule has 0 radical (unpaired) electrons. The lowest BCUT2D eigenvalue weighted by Crippen LogP contribution is -1.96. The predicted octanol–water partition coefficient (Wildman–Crippen LogP) is 6.89. The summed E-state index contributed by atoms with van der Waals surface area (Å²) in [6.07, 6.45) is 5.51. The van der Waals surface area contributed by atoms with Crippen molar-refractivity contribution in [3.8, 4) is 0 Å². The van der Waals surface area contributed by atoms with Gasteiger partial charge in [0, 0.05) is 11.4 Å². The summed E-state index contributed by atoms with van der Waals surface area (Å²) >= 11 is 0. The van der Waals surface area contributed by atoms with Crippen LogP contribution in [0.2, 0.25) is 0 Å². The molecule has 0 atom stereocenters. The molecular weight excluding hydrogens is 266 g/mol. The Balaban J connectivity index is 0.000000626. The van der Waals surface area contributed by atoms with Crippen LogP contribution in [-0.4, -0.2) is 0 Å². The topological polar surface area (TPSA) is 12.0 Å². The molecule has 1 rings (SSSR count). The van der Waals surface area contributed by atoms with Crippen molar-refractivity contribution in [1.29, 1.82) is 0 Å². The quantitative estimate of drug-likeness (QED) is 0.515. The van der Waals surface area contributed by atoms with Gasteiger partial charge in [-0.05, 0) is 57.2 Å². The third kappa shape index (κ3) is 11.0. The first-order chi connectivity index (χ1) is 10.4. The molecule has 0 aliphatic rings. The van der Waals surface area contributed by atoms with E-state index in [4.69, 9.17) is 0 Å². The van der Waals surface area contributed by atoms with Gasteiger partial charge in [0.05, 0.1) is 0 Å². The molecule has 1 nitrogen and oxygen atoms in total. The van der Waals surface area contributed by atoms with Gasteiger partial charge in [-0.2, -0.15) is 0 Å². The molecule has 0 spiro atoms. The van der Waals surface area contributed by atoms with Crippen LogP contribution < -0.4 is 5.32 Å². The zero-order chi connectivity index (χ0) is 17.0. The molecule has 0 saturated heterocycles. The zero-order valence-electron chi connectivity index (χ0n) is 15.0. The van der Waals surface area contributed by atoms with Crippen molar-refractivity contribution < 1.29 is 0 Å². The highest BCUT2D eigenvalue weighted by Crippen LogP contribution is 2.14. The number of anilines is 1. The van der Waals surface area contributed by atoms with Crippen molar-refractivity contribution in [2.45, 2.75) is 59.8 Å². The summed E-state index contributed by atoms with van der Waals surface area (Å²) in [5, 5.41) is 3.27. The molecule has 0 amide bonds. The van der Waals surface area contributed by atoms with Crippen molar-refractivity contribution >= 4 is 5.69 Å². The number of allylic oxidation sites excluding steroid dienone is 3. The Morgan fingerprint density at radius 3 is 1.82 bits per heavy atom. The molecule has 1 aromatic carbocycles. The Hall–Kier alpha value is -1.76. The Bertz CT molecular complexity index is 465. The molecule has 0 unspecified atom stereocenters. The maximum absolute atomic E-state index is 3.93. The molecule has 0 bridgehead atoms. The van der Waals surface area contributed by atoms with Crippen LogP contribution in [0.5, 0.6) is 0 Å². The number of rotatable bonds is 8. The summed E-state index contributed by atoms with van der Waals surface area (Å²) in [6, 6.07) is 8.53. The van der Waals surface area contributed by atoms with Gasteiger partial charge in [-0.15, -0.1) is 13.2 Å². The minimum atomic E-state index is 0.956. The molecule has 1 aromatic rings. The van der Waals surface area contributed by atoms with Crippen molar-refractivity contribution in [3.05, 3.63) is 66.4 Å². The van der Waals surface area contributed by atoms with E-state index in [1.807, 2.05) is 0 Å². The number of nitrogens with one attached hydrogen (secondary N) is 1. The average molecular weight is 300 g/mol. The summed E-state index contributed by atoms with van der Waals surface area (Å²) in [5.74, 6) is 0. The van der Waals surface area contributed by atoms with Gasteiger partial charge in [-0.1, -0.05) is 50.1 Å². The summed E-state index contributed by atoms with van der Waals surface area (Å²) < 4.78 is 0. The van der Waals surface area contributed by atoms with Gasteiger partial charge in [0.1, 0.15) is 0 Å². The highest BCUT2D eigenvalue weighted by atomic mass is 14.9. The van der Waals surface area contributed by atoms with Gasteiger partial charge in [0.15, 0.2) is 0 Å². The Kier molecular flexibility index (Phi) is 10.9. The van der Waals surface area contributed by atoms with E-state index in [9.17, 15) is 0 Å². The largest absolute Gasteiger partial charge is 0.359 e. The lowest BCUT2D eigenvalue weighted by atomic mass is 10.1. The van der Waals surface area contributed by atoms with Gasteiger partial charge in [-0.25, -0.2) is 0 Å². The first kappa shape index (κ1) is 20.2. The molecule has 0 fully saturated rings. The molecule has 0 aromatic heterocycles. The molecule has 0 heterocycles. The van der Waals surface area contributed by atoms with Crippen LogP contribution in [0.4, 0.5) is 5.69 Å². The average Bonchev–Trinajstić information content (AvgIpc) is 2.47. The van der Waals surface area contributed by atoms with Crippen LogP contribution in [0.3, 0.4) is 0 Å². The summed E-state index contributed by atoms with van der Waals surface area (Å²) in [6.45, 7) is 20.0. The molecule has 0 aliphatic heterocycles. The van der Waals surface area contributed by atoms with Gasteiger partial charge >= 0.3 is 0 Å². The van der Waals surface area contributed by atoms with E-state index in [0.29, 0.717) is 0 Å². The molecule has 1 heteroatoms. The third-order valence-corrected chi connectivity index (χ3v) is 3.22. The smallest absolute Gasteiger partial charge is 0.0381 e. The number of hydrogen-bond acceptors (Lipinski definition) is 1. The van der Waals surface area contributed by atoms with Crippen LogP contribution in [0.1, 0.15) is 58.9 Å². The second kappa shape index (κ2) is 11.9. The monoisotopic (exact) mass is 299 g/mol. The number of hydrogen-bond donors (Lipinski definition) is 1. The van der Waals surface area contributed by atoms with Crippen LogP contribution in [-0.2, 0) is 6.42 Å². The maximum Gasteiger partial charge on any atom is 0.0381 e. The summed E-state index contributed by atoms with van der Waals surface area (Å²) in [4.78, 5) is 0. The van der Waals surface area contributed by atoms with Gasteiger partial charge in [0.25, 0.3) is 0 Å². The van der Waals surface area contributed by atoms with Gasteiger partial charge in [0.2, 0.25) is 0 Å². The molecule has 0 aliphatic carbocycles. The summed E-state index contributed by atoms with van der Waals surface area (Å²) in [5.41, 5.74) is 6.05. The summed E-state index contributed by atoms with van der Waals surface area (Å²) in [7, 11) is 0. The zero-order valence-corrected chi connectivity index (χ0v) is 15.0. The third-order valence-electron chi connectivity index (χ3n) is 3.22. The minimum absolute atomic E-state index is 0.956. The van der Waals surface area contributed by atoms with E-state index in [2.05, 4.69) is 77.0 Å². The first-order valence-electron chi connectivity index (χ1n) is 8.21. The van der Waals surface area contributed by atoms with Crippen molar-refractivity contribution in [3.63, 3.8) is 0 Å². The minimum Gasteiger partial charge on any atom is -0.359 e. The Morgan fingerprint density at radius 2 is 1.45 bits per heavy atom. The second-order valence-corrected chi connectivity index (χ2v) is 5.94. The van der Waals surface area contributed by atoms with E-state index in [1.54, 1.807) is 0 Å². The maximum atomic E-state index is 3.93. The first-order valence-corrected chi connectivity index (χ1v) is 8.21. The van der Waals surface area contributed by atoms with Crippen LogP contribution >= 0.6 is 0 Å². The van der Waals surface area contributed by atoms with Crippen LogP contribution in [0.25, 0.3) is 0 Å². The molecule has 0 saturated carbocycles. The lowest BCUT2D eigenvalue weighted by molar-refractivity contribution is 0.910.